The van der Waals surface area contributed by atoms with Crippen molar-refractivity contribution in [3.63, 3.8) is 0 Å². The number of aromatic nitrogens is 3. The molecule has 2 aromatic heterocycles. The highest BCUT2D eigenvalue weighted by molar-refractivity contribution is 5.89. The van der Waals surface area contributed by atoms with Crippen molar-refractivity contribution in [2.24, 2.45) is 0 Å². The average molecular weight is 286 g/mol. The maximum absolute atomic E-state index is 13.5. The van der Waals surface area contributed by atoms with Crippen molar-refractivity contribution in [1.82, 2.24) is 14.6 Å². The molecule has 1 aromatic carbocycles. The van der Waals surface area contributed by atoms with Crippen molar-refractivity contribution in [1.29, 1.82) is 0 Å². The Morgan fingerprint density at radius 2 is 2.24 bits per heavy atom. The number of anilines is 1. The van der Waals surface area contributed by atoms with E-state index in [2.05, 4.69) is 15.6 Å². The topological polar surface area (TPSA) is 68.5 Å². The van der Waals surface area contributed by atoms with E-state index in [9.17, 15) is 9.18 Å². The SMILES string of the molecule is Cc1ccc(F)c(NOC(=O)c2cnc3ccnn3c2)c1. The molecule has 0 aliphatic carbocycles. The Labute approximate surface area is 119 Å². The fourth-order valence-electron chi connectivity index (χ4n) is 1.79. The van der Waals surface area contributed by atoms with Crippen molar-refractivity contribution in [2.45, 2.75) is 6.92 Å². The van der Waals surface area contributed by atoms with Crippen molar-refractivity contribution in [3.8, 4) is 0 Å². The van der Waals surface area contributed by atoms with Crippen LogP contribution in [0.4, 0.5) is 10.1 Å². The van der Waals surface area contributed by atoms with Crippen LogP contribution in [0.1, 0.15) is 15.9 Å². The van der Waals surface area contributed by atoms with Gasteiger partial charge in [-0.15, -0.1) is 0 Å². The molecule has 106 valence electrons. The summed E-state index contributed by atoms with van der Waals surface area (Å²) in [4.78, 5) is 20.8. The summed E-state index contributed by atoms with van der Waals surface area (Å²) < 4.78 is 15.0. The maximum atomic E-state index is 13.5. The number of halogens is 1. The van der Waals surface area contributed by atoms with Gasteiger partial charge in [-0.2, -0.15) is 5.10 Å². The van der Waals surface area contributed by atoms with Crippen LogP contribution in [0.3, 0.4) is 0 Å². The first-order valence-corrected chi connectivity index (χ1v) is 6.16. The molecule has 2 heterocycles. The molecule has 7 heteroatoms. The van der Waals surface area contributed by atoms with Crippen LogP contribution >= 0.6 is 0 Å². The van der Waals surface area contributed by atoms with Gasteiger partial charge < -0.3 is 4.84 Å². The largest absolute Gasteiger partial charge is 0.365 e. The summed E-state index contributed by atoms with van der Waals surface area (Å²) in [5.41, 5.74) is 4.06. The first kappa shape index (κ1) is 13.0. The van der Waals surface area contributed by atoms with Crippen LogP contribution in [0.5, 0.6) is 0 Å². The number of hydrogen-bond acceptors (Lipinski definition) is 5. The molecule has 3 aromatic rings. The van der Waals surface area contributed by atoms with Gasteiger partial charge >= 0.3 is 5.97 Å². The molecule has 0 amide bonds. The second kappa shape index (κ2) is 5.20. The van der Waals surface area contributed by atoms with Crippen LogP contribution in [-0.4, -0.2) is 20.6 Å². The molecule has 0 fully saturated rings. The van der Waals surface area contributed by atoms with Gasteiger partial charge in [-0.1, -0.05) is 6.07 Å². The zero-order valence-electron chi connectivity index (χ0n) is 11.1. The molecule has 3 rings (SSSR count). The molecule has 0 saturated carbocycles. The molecule has 0 aliphatic heterocycles. The van der Waals surface area contributed by atoms with E-state index in [1.54, 1.807) is 18.3 Å². The van der Waals surface area contributed by atoms with Crippen LogP contribution in [-0.2, 0) is 4.84 Å². The van der Waals surface area contributed by atoms with E-state index >= 15 is 0 Å². The lowest BCUT2D eigenvalue weighted by atomic mass is 10.2. The second-order valence-electron chi connectivity index (χ2n) is 4.45. The lowest BCUT2D eigenvalue weighted by Gasteiger charge is -2.08. The second-order valence-corrected chi connectivity index (χ2v) is 4.45. The molecule has 0 unspecified atom stereocenters. The van der Waals surface area contributed by atoms with E-state index < -0.39 is 11.8 Å². The summed E-state index contributed by atoms with van der Waals surface area (Å²) in [5.74, 6) is -1.19. The van der Waals surface area contributed by atoms with Gasteiger partial charge in [-0.25, -0.2) is 24.2 Å². The Balaban J connectivity index is 1.75. The van der Waals surface area contributed by atoms with Gasteiger partial charge in [0.2, 0.25) is 0 Å². The summed E-state index contributed by atoms with van der Waals surface area (Å²) in [6, 6.07) is 6.16. The van der Waals surface area contributed by atoms with Gasteiger partial charge in [0.1, 0.15) is 11.5 Å². The van der Waals surface area contributed by atoms with Gasteiger partial charge in [-0.3, -0.25) is 0 Å². The Morgan fingerprint density at radius 3 is 3.10 bits per heavy atom. The molecule has 6 nitrogen and oxygen atoms in total. The monoisotopic (exact) mass is 286 g/mol. The van der Waals surface area contributed by atoms with E-state index in [0.29, 0.717) is 5.65 Å². The van der Waals surface area contributed by atoms with E-state index in [0.717, 1.165) is 5.56 Å². The number of fused-ring (bicyclic) bond motifs is 1. The highest BCUT2D eigenvalue weighted by Crippen LogP contribution is 2.16. The third-order valence-electron chi connectivity index (χ3n) is 2.86. The molecule has 0 atom stereocenters. The van der Waals surface area contributed by atoms with E-state index in [1.807, 2.05) is 6.92 Å². The Hall–Kier alpha value is -2.96. The summed E-state index contributed by atoms with van der Waals surface area (Å²) in [6.07, 6.45) is 4.42. The number of nitrogens with one attached hydrogen (secondary N) is 1. The van der Waals surface area contributed by atoms with Crippen LogP contribution in [0.15, 0.2) is 42.9 Å². The Morgan fingerprint density at radius 1 is 1.38 bits per heavy atom. The van der Waals surface area contributed by atoms with Crippen LogP contribution < -0.4 is 5.48 Å². The number of rotatable bonds is 3. The minimum absolute atomic E-state index is 0.0940. The standard InChI is InChI=1S/C14H11FN4O2/c1-9-2-3-11(15)12(6-9)18-21-14(20)10-7-16-13-4-5-17-19(13)8-10/h2-8,18H,1H3. The summed E-state index contributed by atoms with van der Waals surface area (Å²) >= 11 is 0. The molecular weight excluding hydrogens is 275 g/mol. The Bertz CT molecular complexity index is 816. The number of nitrogens with zero attached hydrogens (tertiary/aromatic N) is 3. The van der Waals surface area contributed by atoms with Gasteiger partial charge in [0.15, 0.2) is 5.65 Å². The van der Waals surface area contributed by atoms with Gasteiger partial charge in [0.05, 0.1) is 11.8 Å². The van der Waals surface area contributed by atoms with Gasteiger partial charge in [-0.05, 0) is 24.6 Å². The minimum atomic E-state index is -0.680. The zero-order valence-corrected chi connectivity index (χ0v) is 11.1. The summed E-state index contributed by atoms with van der Waals surface area (Å²) in [5, 5.41) is 3.97. The lowest BCUT2D eigenvalue weighted by Crippen LogP contribution is -2.13. The van der Waals surface area contributed by atoms with Crippen molar-refractivity contribution >= 4 is 17.3 Å². The van der Waals surface area contributed by atoms with Crippen molar-refractivity contribution in [3.05, 3.63) is 59.8 Å². The quantitative estimate of drug-likeness (QED) is 0.749. The smallest absolute Gasteiger partial charge is 0.338 e. The van der Waals surface area contributed by atoms with E-state index in [-0.39, 0.29) is 11.3 Å². The van der Waals surface area contributed by atoms with Crippen LogP contribution in [0.2, 0.25) is 0 Å². The molecule has 0 saturated heterocycles. The maximum Gasteiger partial charge on any atom is 0.365 e. The zero-order chi connectivity index (χ0) is 14.8. The lowest BCUT2D eigenvalue weighted by molar-refractivity contribution is 0.0594. The summed E-state index contributed by atoms with van der Waals surface area (Å²) in [7, 11) is 0. The molecule has 0 spiro atoms. The number of carbonyl (C=O) groups excluding carboxylic acids is 1. The van der Waals surface area contributed by atoms with Crippen LogP contribution in [0, 0.1) is 12.7 Å². The minimum Gasteiger partial charge on any atom is -0.338 e. The number of benzene rings is 1. The highest BCUT2D eigenvalue weighted by atomic mass is 19.1. The molecule has 0 radical (unpaired) electrons. The summed E-state index contributed by atoms with van der Waals surface area (Å²) in [6.45, 7) is 1.81. The first-order chi connectivity index (χ1) is 10.1. The van der Waals surface area contributed by atoms with Crippen LogP contribution in [0.25, 0.3) is 5.65 Å². The molecular formula is C14H11FN4O2. The normalized spacial score (nSPS) is 10.6. The third-order valence-corrected chi connectivity index (χ3v) is 2.86. The average Bonchev–Trinajstić information content (AvgIpc) is 2.95. The first-order valence-electron chi connectivity index (χ1n) is 6.16. The Kier molecular flexibility index (Phi) is 3.23. The fourth-order valence-corrected chi connectivity index (χ4v) is 1.79. The number of aryl methyl sites for hydroxylation is 1. The third kappa shape index (κ3) is 2.66. The fraction of sp³-hybridized carbons (Fsp3) is 0.0714. The van der Waals surface area contributed by atoms with Crippen molar-refractivity contribution < 1.29 is 14.0 Å². The van der Waals surface area contributed by atoms with Gasteiger partial charge in [0.25, 0.3) is 0 Å². The molecule has 21 heavy (non-hydrogen) atoms. The molecule has 0 bridgehead atoms. The highest BCUT2D eigenvalue weighted by Gasteiger charge is 2.11. The predicted octanol–water partition coefficient (Wildman–Crippen LogP) is 2.36. The van der Waals surface area contributed by atoms with Crippen molar-refractivity contribution in [2.75, 3.05) is 5.48 Å². The number of hydrogen-bond donors (Lipinski definition) is 1. The van der Waals surface area contributed by atoms with Gasteiger partial charge in [0, 0.05) is 18.5 Å². The molecule has 0 aliphatic rings. The predicted molar refractivity (Wildman–Crippen MR) is 73.2 cm³/mol. The molecule has 1 N–H and O–H groups in total. The van der Waals surface area contributed by atoms with E-state index in [4.69, 9.17) is 4.84 Å². The van der Waals surface area contributed by atoms with E-state index in [1.165, 1.54) is 29.0 Å². The number of carbonyl (C=O) groups is 1.